The Bertz CT molecular complexity index is 535. The number of benzene rings is 1. The van der Waals surface area contributed by atoms with E-state index in [1.165, 1.54) is 11.3 Å². The summed E-state index contributed by atoms with van der Waals surface area (Å²) in [7, 11) is 0. The second kappa shape index (κ2) is 4.56. The highest BCUT2D eigenvalue weighted by Crippen LogP contribution is 2.45. The lowest BCUT2D eigenvalue weighted by Crippen LogP contribution is -2.51. The molecular weight excluding hydrogens is 232 g/mol. The highest BCUT2D eigenvalue weighted by Gasteiger charge is 2.37. The number of rotatable bonds is 1. The van der Waals surface area contributed by atoms with Crippen molar-refractivity contribution in [3.63, 3.8) is 0 Å². The van der Waals surface area contributed by atoms with Crippen LogP contribution in [0.15, 0.2) is 12.1 Å². The van der Waals surface area contributed by atoms with Gasteiger partial charge in [0, 0.05) is 17.3 Å². The van der Waals surface area contributed by atoms with Crippen LogP contribution in [0, 0.1) is 18.3 Å². The van der Waals surface area contributed by atoms with Gasteiger partial charge in [-0.05, 0) is 70.2 Å². The van der Waals surface area contributed by atoms with E-state index in [9.17, 15) is 5.26 Å². The number of hydrogen-bond donors (Lipinski definition) is 0. The quantitative estimate of drug-likeness (QED) is 0.746. The third kappa shape index (κ3) is 2.23. The lowest BCUT2D eigenvalue weighted by atomic mass is 9.78. The molecule has 0 unspecified atom stereocenters. The highest BCUT2D eigenvalue weighted by atomic mass is 15.2. The molecule has 0 saturated carbocycles. The summed E-state index contributed by atoms with van der Waals surface area (Å²) in [4.78, 5) is 2.51. The van der Waals surface area contributed by atoms with E-state index in [1.54, 1.807) is 0 Å². The summed E-state index contributed by atoms with van der Waals surface area (Å²) in [6.07, 6.45) is 1.13. The predicted molar refractivity (Wildman–Crippen MR) is 80.6 cm³/mol. The van der Waals surface area contributed by atoms with Crippen molar-refractivity contribution in [3.05, 3.63) is 28.8 Å². The van der Waals surface area contributed by atoms with Crippen molar-refractivity contribution in [2.45, 2.75) is 65.5 Å². The van der Waals surface area contributed by atoms with Gasteiger partial charge >= 0.3 is 0 Å². The van der Waals surface area contributed by atoms with E-state index in [0.29, 0.717) is 12.0 Å². The second-order valence-electron chi connectivity index (χ2n) is 6.72. The first-order valence-electron chi connectivity index (χ1n) is 7.12. The van der Waals surface area contributed by atoms with Crippen LogP contribution in [0.25, 0.3) is 0 Å². The van der Waals surface area contributed by atoms with Gasteiger partial charge in [-0.25, -0.2) is 0 Å². The van der Waals surface area contributed by atoms with Gasteiger partial charge in [-0.2, -0.15) is 5.26 Å². The summed E-state index contributed by atoms with van der Waals surface area (Å²) in [6.45, 7) is 13.4. The maximum atomic E-state index is 9.22. The smallest absolute Gasteiger partial charge is 0.0994 e. The van der Waals surface area contributed by atoms with Crippen molar-refractivity contribution in [2.24, 2.45) is 0 Å². The average Bonchev–Trinajstić information content (AvgIpc) is 2.26. The Morgan fingerprint density at radius 2 is 2.00 bits per heavy atom. The highest BCUT2D eigenvalue weighted by molar-refractivity contribution is 5.64. The molecule has 0 amide bonds. The molecule has 102 valence electrons. The van der Waals surface area contributed by atoms with Crippen LogP contribution in [0.1, 0.15) is 63.6 Å². The fourth-order valence-corrected chi connectivity index (χ4v) is 3.69. The largest absolute Gasteiger partial charge is 0.364 e. The molecule has 0 aliphatic carbocycles. The Kier molecular flexibility index (Phi) is 3.34. The molecule has 1 aromatic carbocycles. The zero-order valence-electron chi connectivity index (χ0n) is 12.9. The van der Waals surface area contributed by atoms with E-state index in [2.05, 4.69) is 57.7 Å². The van der Waals surface area contributed by atoms with E-state index in [-0.39, 0.29) is 5.54 Å². The predicted octanol–water partition coefficient (Wildman–Crippen LogP) is 4.37. The average molecular weight is 256 g/mol. The number of aryl methyl sites for hydroxylation is 1. The van der Waals surface area contributed by atoms with Crippen molar-refractivity contribution >= 4 is 5.69 Å². The summed E-state index contributed by atoms with van der Waals surface area (Å²) < 4.78 is 0. The topological polar surface area (TPSA) is 27.0 Å². The molecule has 1 aliphatic rings. The van der Waals surface area contributed by atoms with E-state index in [1.807, 2.05) is 6.92 Å². The lowest BCUT2D eigenvalue weighted by Gasteiger charge is -2.50. The Morgan fingerprint density at radius 3 is 2.53 bits per heavy atom. The lowest BCUT2D eigenvalue weighted by molar-refractivity contribution is 0.356. The number of hydrogen-bond acceptors (Lipinski definition) is 2. The standard InChI is InChI=1S/C17H24N2/c1-11(2)19-16-7-12(3)14(10-18)8-15(16)13(4)9-17(19,5)6/h7-8,11,13H,9H2,1-6H3/t13-/m0/s1. The molecule has 0 aromatic heterocycles. The van der Waals surface area contributed by atoms with E-state index >= 15 is 0 Å². The fraction of sp³-hybridized carbons (Fsp3) is 0.588. The molecule has 1 heterocycles. The molecule has 0 saturated heterocycles. The molecule has 2 heteroatoms. The van der Waals surface area contributed by atoms with Crippen molar-refractivity contribution < 1.29 is 0 Å². The molecule has 0 bridgehead atoms. The third-order valence-electron chi connectivity index (χ3n) is 4.26. The van der Waals surface area contributed by atoms with Gasteiger partial charge in [0.2, 0.25) is 0 Å². The van der Waals surface area contributed by atoms with Crippen molar-refractivity contribution in [1.82, 2.24) is 0 Å². The molecule has 1 atom stereocenters. The van der Waals surface area contributed by atoms with Gasteiger partial charge in [-0.3, -0.25) is 0 Å². The summed E-state index contributed by atoms with van der Waals surface area (Å²) in [6, 6.07) is 7.08. The molecule has 1 aliphatic heterocycles. The Labute approximate surface area is 117 Å². The van der Waals surface area contributed by atoms with Crippen molar-refractivity contribution in [3.8, 4) is 6.07 Å². The van der Waals surface area contributed by atoms with Crippen LogP contribution in [0.2, 0.25) is 0 Å². The second-order valence-corrected chi connectivity index (χ2v) is 6.72. The van der Waals surface area contributed by atoms with Gasteiger partial charge in [0.1, 0.15) is 0 Å². The summed E-state index contributed by atoms with van der Waals surface area (Å²) in [5.41, 5.74) is 4.71. The molecule has 0 spiro atoms. The van der Waals surface area contributed by atoms with Gasteiger partial charge in [0.05, 0.1) is 11.6 Å². The van der Waals surface area contributed by atoms with Gasteiger partial charge in [-0.15, -0.1) is 0 Å². The first-order chi connectivity index (χ1) is 8.77. The minimum Gasteiger partial charge on any atom is -0.364 e. The molecule has 2 nitrogen and oxygen atoms in total. The number of nitriles is 1. The summed E-state index contributed by atoms with van der Waals surface area (Å²) in [5.74, 6) is 0.507. The van der Waals surface area contributed by atoms with Crippen LogP contribution in [0.4, 0.5) is 5.69 Å². The number of fused-ring (bicyclic) bond motifs is 1. The van der Waals surface area contributed by atoms with Gasteiger partial charge in [0.15, 0.2) is 0 Å². The normalized spacial score (nSPS) is 21.2. The molecule has 0 radical (unpaired) electrons. The van der Waals surface area contributed by atoms with Crippen LogP contribution < -0.4 is 4.90 Å². The molecular formula is C17H24N2. The SMILES string of the molecule is Cc1cc2c(cc1C#N)[C@@H](C)CC(C)(C)N2C(C)C. The molecule has 0 fully saturated rings. The Balaban J connectivity index is 2.67. The van der Waals surface area contributed by atoms with E-state index in [4.69, 9.17) is 0 Å². The van der Waals surface area contributed by atoms with Crippen molar-refractivity contribution in [2.75, 3.05) is 4.90 Å². The number of nitrogens with zero attached hydrogens (tertiary/aromatic N) is 2. The molecule has 0 N–H and O–H groups in total. The molecule has 1 aromatic rings. The van der Waals surface area contributed by atoms with Crippen LogP contribution in [-0.2, 0) is 0 Å². The first-order valence-corrected chi connectivity index (χ1v) is 7.12. The zero-order valence-corrected chi connectivity index (χ0v) is 12.9. The minimum atomic E-state index is 0.168. The zero-order chi connectivity index (χ0) is 14.4. The van der Waals surface area contributed by atoms with Gasteiger partial charge in [0.25, 0.3) is 0 Å². The van der Waals surface area contributed by atoms with Crippen molar-refractivity contribution in [1.29, 1.82) is 5.26 Å². The first kappa shape index (κ1) is 13.9. The molecule has 19 heavy (non-hydrogen) atoms. The monoisotopic (exact) mass is 256 g/mol. The Morgan fingerprint density at radius 1 is 1.37 bits per heavy atom. The van der Waals surface area contributed by atoms with Gasteiger partial charge in [-0.1, -0.05) is 6.92 Å². The fourth-order valence-electron chi connectivity index (χ4n) is 3.69. The minimum absolute atomic E-state index is 0.168. The van der Waals surface area contributed by atoms with E-state index < -0.39 is 0 Å². The summed E-state index contributed by atoms with van der Waals surface area (Å²) in [5, 5.41) is 9.22. The number of anilines is 1. The van der Waals surface area contributed by atoms with Crippen LogP contribution in [-0.4, -0.2) is 11.6 Å². The van der Waals surface area contributed by atoms with Gasteiger partial charge < -0.3 is 4.90 Å². The van der Waals surface area contributed by atoms with E-state index in [0.717, 1.165) is 17.5 Å². The maximum Gasteiger partial charge on any atom is 0.0994 e. The Hall–Kier alpha value is -1.49. The van der Waals surface area contributed by atoms with Crippen LogP contribution in [0.3, 0.4) is 0 Å². The molecule has 2 rings (SSSR count). The van der Waals surface area contributed by atoms with Crippen LogP contribution in [0.5, 0.6) is 0 Å². The maximum absolute atomic E-state index is 9.22. The van der Waals surface area contributed by atoms with Crippen LogP contribution >= 0.6 is 0 Å². The third-order valence-corrected chi connectivity index (χ3v) is 4.26. The summed E-state index contributed by atoms with van der Waals surface area (Å²) >= 11 is 0.